The van der Waals surface area contributed by atoms with Gasteiger partial charge in [-0.3, -0.25) is 0 Å². The third kappa shape index (κ3) is 4.66. The first kappa shape index (κ1) is 21.0. The Labute approximate surface area is 190 Å². The molecule has 1 aromatic heterocycles. The maximum atomic E-state index is 6.59. The van der Waals surface area contributed by atoms with E-state index in [1.54, 1.807) is 0 Å². The van der Waals surface area contributed by atoms with Crippen LogP contribution in [0.1, 0.15) is 37.7 Å². The lowest BCUT2D eigenvalue weighted by Gasteiger charge is -2.32. The van der Waals surface area contributed by atoms with Crippen molar-refractivity contribution in [1.29, 1.82) is 0 Å². The number of hydrogen-bond donors (Lipinski definition) is 1. The van der Waals surface area contributed by atoms with E-state index in [9.17, 15) is 0 Å². The highest BCUT2D eigenvalue weighted by Crippen LogP contribution is 2.33. The van der Waals surface area contributed by atoms with Gasteiger partial charge in [-0.05, 0) is 82.4 Å². The van der Waals surface area contributed by atoms with Crippen molar-refractivity contribution in [1.82, 2.24) is 14.9 Å². The highest BCUT2D eigenvalue weighted by atomic mass is 35.5. The minimum absolute atomic E-state index is 0.343. The Morgan fingerprint density at radius 1 is 0.935 bits per heavy atom. The van der Waals surface area contributed by atoms with Gasteiger partial charge >= 0.3 is 0 Å². The number of likely N-dealkylation sites (tertiary alicyclic amines) is 1. The fourth-order valence-electron chi connectivity index (χ4n) is 5.09. The maximum absolute atomic E-state index is 6.59. The summed E-state index contributed by atoms with van der Waals surface area (Å²) in [6, 6.07) is 8.92. The minimum atomic E-state index is 0.343. The molecule has 0 spiro atoms. The molecule has 1 aromatic carbocycles. The SMILES string of the molecule is NC1CCN(c2ccc(-c3nc(Cl)c4c(n3)N(CCCN3CCCC3)CC4)cc2)CC1. The van der Waals surface area contributed by atoms with Crippen LogP contribution >= 0.6 is 11.6 Å². The highest BCUT2D eigenvalue weighted by Gasteiger charge is 2.25. The van der Waals surface area contributed by atoms with Crippen molar-refractivity contribution in [3.63, 3.8) is 0 Å². The smallest absolute Gasteiger partial charge is 0.163 e. The molecule has 0 atom stereocenters. The van der Waals surface area contributed by atoms with Crippen LogP contribution in [-0.2, 0) is 6.42 Å². The van der Waals surface area contributed by atoms with Crippen molar-refractivity contribution in [2.24, 2.45) is 5.73 Å². The normalized spacial score (nSPS) is 19.9. The zero-order valence-corrected chi connectivity index (χ0v) is 19.0. The zero-order chi connectivity index (χ0) is 21.2. The third-order valence-corrected chi connectivity index (χ3v) is 7.31. The lowest BCUT2D eigenvalue weighted by molar-refractivity contribution is 0.335. The van der Waals surface area contributed by atoms with Crippen LogP contribution in [0.3, 0.4) is 0 Å². The highest BCUT2D eigenvalue weighted by molar-refractivity contribution is 6.30. The van der Waals surface area contributed by atoms with Crippen LogP contribution in [-0.4, -0.2) is 66.7 Å². The molecule has 0 bridgehead atoms. The van der Waals surface area contributed by atoms with E-state index >= 15 is 0 Å². The fraction of sp³-hybridized carbons (Fsp3) is 0.583. The molecule has 7 heteroatoms. The average Bonchev–Trinajstić information content (AvgIpc) is 3.45. The van der Waals surface area contributed by atoms with E-state index in [0.29, 0.717) is 11.2 Å². The summed E-state index contributed by atoms with van der Waals surface area (Å²) in [4.78, 5) is 17.0. The number of aromatic nitrogens is 2. The second-order valence-corrected chi connectivity index (χ2v) is 9.51. The zero-order valence-electron chi connectivity index (χ0n) is 18.3. The van der Waals surface area contributed by atoms with Gasteiger partial charge in [0.1, 0.15) is 11.0 Å². The summed E-state index contributed by atoms with van der Waals surface area (Å²) < 4.78 is 0. The van der Waals surface area contributed by atoms with E-state index in [4.69, 9.17) is 22.3 Å². The van der Waals surface area contributed by atoms with Crippen molar-refractivity contribution < 1.29 is 0 Å². The van der Waals surface area contributed by atoms with Crippen LogP contribution in [0.5, 0.6) is 0 Å². The van der Waals surface area contributed by atoms with Crippen molar-refractivity contribution >= 4 is 23.1 Å². The van der Waals surface area contributed by atoms with Gasteiger partial charge < -0.3 is 20.4 Å². The number of hydrogen-bond acceptors (Lipinski definition) is 6. The third-order valence-electron chi connectivity index (χ3n) is 7.00. The van der Waals surface area contributed by atoms with Crippen LogP contribution in [0.4, 0.5) is 11.5 Å². The Kier molecular flexibility index (Phi) is 6.30. The molecule has 3 aliphatic heterocycles. The molecule has 0 unspecified atom stereocenters. The van der Waals surface area contributed by atoms with Gasteiger partial charge in [0, 0.05) is 49.0 Å². The second kappa shape index (κ2) is 9.31. The minimum Gasteiger partial charge on any atom is -0.371 e. The summed E-state index contributed by atoms with van der Waals surface area (Å²) in [6.07, 6.45) is 6.92. The molecule has 3 aliphatic rings. The van der Waals surface area contributed by atoms with Gasteiger partial charge in [-0.15, -0.1) is 0 Å². The number of piperidine rings is 1. The van der Waals surface area contributed by atoms with Gasteiger partial charge in [-0.2, -0.15) is 0 Å². The molecule has 5 rings (SSSR count). The summed E-state index contributed by atoms with van der Waals surface area (Å²) in [5.74, 6) is 1.76. The lowest BCUT2D eigenvalue weighted by Crippen LogP contribution is -2.39. The molecule has 2 aromatic rings. The van der Waals surface area contributed by atoms with E-state index in [1.165, 1.54) is 44.6 Å². The molecule has 6 nitrogen and oxygen atoms in total. The Morgan fingerprint density at radius 3 is 2.42 bits per heavy atom. The van der Waals surface area contributed by atoms with E-state index in [1.807, 2.05) is 0 Å². The Balaban J connectivity index is 1.28. The summed E-state index contributed by atoms with van der Waals surface area (Å²) >= 11 is 6.59. The number of nitrogens with two attached hydrogens (primary N) is 1. The van der Waals surface area contributed by atoms with Crippen LogP contribution in [0.25, 0.3) is 11.4 Å². The van der Waals surface area contributed by atoms with Gasteiger partial charge in [0.2, 0.25) is 0 Å². The van der Waals surface area contributed by atoms with Crippen LogP contribution in [0.2, 0.25) is 5.15 Å². The first-order chi connectivity index (χ1) is 15.2. The van der Waals surface area contributed by atoms with Crippen molar-refractivity contribution in [3.05, 3.63) is 35.0 Å². The average molecular weight is 441 g/mol. The van der Waals surface area contributed by atoms with Gasteiger partial charge in [-0.1, -0.05) is 11.6 Å². The second-order valence-electron chi connectivity index (χ2n) is 9.15. The van der Waals surface area contributed by atoms with Gasteiger partial charge in [0.05, 0.1) is 0 Å². The molecular weight excluding hydrogens is 408 g/mol. The van der Waals surface area contributed by atoms with E-state index in [-0.39, 0.29) is 0 Å². The summed E-state index contributed by atoms with van der Waals surface area (Å²) in [5, 5.41) is 0.608. The Morgan fingerprint density at radius 2 is 1.68 bits per heavy atom. The predicted molar refractivity (Wildman–Crippen MR) is 128 cm³/mol. The van der Waals surface area contributed by atoms with Crippen molar-refractivity contribution in [2.75, 3.05) is 55.6 Å². The number of fused-ring (bicyclic) bond motifs is 1. The van der Waals surface area contributed by atoms with Crippen LogP contribution in [0, 0.1) is 0 Å². The Hall–Kier alpha value is -1.89. The molecule has 0 saturated carbocycles. The lowest BCUT2D eigenvalue weighted by atomic mass is 10.0. The fourth-order valence-corrected chi connectivity index (χ4v) is 5.35. The number of benzene rings is 1. The quantitative estimate of drug-likeness (QED) is 0.693. The van der Waals surface area contributed by atoms with Crippen molar-refractivity contribution in [2.45, 2.75) is 44.6 Å². The predicted octanol–water partition coefficient (Wildman–Crippen LogP) is 3.57. The van der Waals surface area contributed by atoms with E-state index in [0.717, 1.165) is 68.2 Å². The number of rotatable bonds is 6. The molecule has 2 fully saturated rings. The standard InChI is InChI=1S/C24H33ClN6/c25-22-21-10-17-31(14-3-13-29-11-1-2-12-29)24(21)28-23(27-22)18-4-6-20(7-5-18)30-15-8-19(26)9-16-30/h4-7,19H,1-3,8-17,26H2. The number of nitrogens with zero attached hydrogens (tertiary/aromatic N) is 5. The Bertz CT molecular complexity index is 888. The molecule has 0 radical (unpaired) electrons. The maximum Gasteiger partial charge on any atom is 0.163 e. The molecule has 0 amide bonds. The molecule has 166 valence electrons. The summed E-state index contributed by atoms with van der Waals surface area (Å²) in [7, 11) is 0. The molecule has 2 saturated heterocycles. The van der Waals surface area contributed by atoms with Gasteiger partial charge in [-0.25, -0.2) is 9.97 Å². The van der Waals surface area contributed by atoms with Gasteiger partial charge in [0.15, 0.2) is 5.82 Å². The summed E-state index contributed by atoms with van der Waals surface area (Å²) in [5.41, 5.74) is 9.41. The molecule has 0 aliphatic carbocycles. The summed E-state index contributed by atoms with van der Waals surface area (Å²) in [6.45, 7) is 7.77. The molecule has 2 N–H and O–H groups in total. The first-order valence-corrected chi connectivity index (χ1v) is 12.2. The number of anilines is 2. The monoisotopic (exact) mass is 440 g/mol. The van der Waals surface area contributed by atoms with E-state index in [2.05, 4.69) is 43.9 Å². The van der Waals surface area contributed by atoms with Crippen LogP contribution < -0.4 is 15.5 Å². The van der Waals surface area contributed by atoms with Crippen molar-refractivity contribution in [3.8, 4) is 11.4 Å². The first-order valence-electron chi connectivity index (χ1n) is 11.8. The number of halogens is 1. The largest absolute Gasteiger partial charge is 0.371 e. The van der Waals surface area contributed by atoms with Crippen LogP contribution in [0.15, 0.2) is 24.3 Å². The topological polar surface area (TPSA) is 61.5 Å². The van der Waals surface area contributed by atoms with Gasteiger partial charge in [0.25, 0.3) is 0 Å². The van der Waals surface area contributed by atoms with E-state index < -0.39 is 0 Å². The molecule has 4 heterocycles. The molecular formula is C24H33ClN6. The molecule has 31 heavy (non-hydrogen) atoms.